The third-order valence-corrected chi connectivity index (χ3v) is 7.61. The van der Waals surface area contributed by atoms with Gasteiger partial charge in [-0.25, -0.2) is 4.79 Å². The topological polar surface area (TPSA) is 50.4 Å². The summed E-state index contributed by atoms with van der Waals surface area (Å²) in [7, 11) is 1.34. The van der Waals surface area contributed by atoms with Gasteiger partial charge in [0.25, 0.3) is 0 Å². The van der Waals surface area contributed by atoms with Crippen LogP contribution in [-0.4, -0.2) is 18.2 Å². The van der Waals surface area contributed by atoms with Crippen LogP contribution in [0.3, 0.4) is 0 Å². The zero-order chi connectivity index (χ0) is 22.7. The number of thiophene rings is 1. The summed E-state index contributed by atoms with van der Waals surface area (Å²) in [6.07, 6.45) is 0. The lowest BCUT2D eigenvalue weighted by Crippen LogP contribution is -2.19. The van der Waals surface area contributed by atoms with Crippen LogP contribution in [0.2, 0.25) is 10.0 Å². The highest BCUT2D eigenvalue weighted by molar-refractivity contribution is 7.99. The van der Waals surface area contributed by atoms with Crippen molar-refractivity contribution in [3.63, 3.8) is 0 Å². The van der Waals surface area contributed by atoms with Gasteiger partial charge in [-0.15, -0.1) is 11.3 Å². The Bertz CT molecular complexity index is 1310. The van der Waals surface area contributed by atoms with E-state index >= 15 is 0 Å². The molecule has 0 aliphatic heterocycles. The average molecular weight is 520 g/mol. The van der Waals surface area contributed by atoms with Crippen molar-refractivity contribution in [2.45, 2.75) is 9.79 Å². The monoisotopic (exact) mass is 518 g/mol. The molecule has 0 atom stereocenters. The van der Waals surface area contributed by atoms with Crippen molar-refractivity contribution in [3.8, 4) is 0 Å². The molecule has 0 aliphatic carbocycles. The van der Waals surface area contributed by atoms with Crippen molar-refractivity contribution < 1.29 is 9.53 Å². The van der Waals surface area contributed by atoms with E-state index < -0.39 is 5.97 Å². The fourth-order valence-corrected chi connectivity index (χ4v) is 5.66. The summed E-state index contributed by atoms with van der Waals surface area (Å²) < 4.78 is 5.66. The molecule has 32 heavy (non-hydrogen) atoms. The van der Waals surface area contributed by atoms with Gasteiger partial charge in [0.2, 0.25) is 0 Å². The molecule has 0 amide bonds. The molecule has 1 aromatic heterocycles. The maximum atomic E-state index is 11.9. The molecule has 4 aromatic rings. The van der Waals surface area contributed by atoms with E-state index in [0.717, 1.165) is 31.3 Å². The summed E-state index contributed by atoms with van der Waals surface area (Å²) in [5.41, 5.74) is 1.67. The van der Waals surface area contributed by atoms with E-state index in [0.29, 0.717) is 20.0 Å². The first kappa shape index (κ1) is 22.9. The minimum absolute atomic E-state index is 0.384. The van der Waals surface area contributed by atoms with Gasteiger partial charge in [0, 0.05) is 30.6 Å². The molecule has 4 nitrogen and oxygen atoms in total. The molecule has 162 valence electrons. The molecule has 0 aliphatic rings. The first-order chi connectivity index (χ1) is 15.4. The Kier molecular flexibility index (Phi) is 7.23. The highest BCUT2D eigenvalue weighted by atomic mass is 35.5. The molecule has 0 saturated carbocycles. The number of benzene rings is 3. The lowest BCUT2D eigenvalue weighted by atomic mass is 10.2. The molecular formula is C23H16Cl2N2O2S3. The number of hydrogen-bond donors (Lipinski definition) is 2. The molecule has 2 N–H and O–H groups in total. The van der Waals surface area contributed by atoms with Crippen LogP contribution < -0.4 is 10.6 Å². The lowest BCUT2D eigenvalue weighted by Gasteiger charge is -2.14. The third-order valence-electron chi connectivity index (χ3n) is 4.43. The number of carbonyl (C=O) groups is 1. The van der Waals surface area contributed by atoms with Crippen LogP contribution in [-0.2, 0) is 4.74 Å². The van der Waals surface area contributed by atoms with Gasteiger partial charge in [0.1, 0.15) is 4.88 Å². The predicted octanol–water partition coefficient (Wildman–Crippen LogP) is 7.95. The molecule has 0 bridgehead atoms. The Labute approximate surface area is 208 Å². The number of fused-ring (bicyclic) bond motifs is 1. The van der Waals surface area contributed by atoms with Crippen LogP contribution in [0.15, 0.2) is 76.5 Å². The first-order valence-electron chi connectivity index (χ1n) is 9.35. The molecule has 4 rings (SSSR count). The Morgan fingerprint density at radius 3 is 2.53 bits per heavy atom. The van der Waals surface area contributed by atoms with Crippen molar-refractivity contribution in [3.05, 3.63) is 81.7 Å². The zero-order valence-electron chi connectivity index (χ0n) is 16.6. The van der Waals surface area contributed by atoms with Gasteiger partial charge >= 0.3 is 5.97 Å². The van der Waals surface area contributed by atoms with E-state index in [2.05, 4.69) is 10.6 Å². The van der Waals surface area contributed by atoms with Crippen LogP contribution >= 0.6 is 58.5 Å². The van der Waals surface area contributed by atoms with Crippen molar-refractivity contribution in [2.75, 3.05) is 17.7 Å². The fourth-order valence-electron chi connectivity index (χ4n) is 2.94. The first-order valence-corrected chi connectivity index (χ1v) is 12.1. The van der Waals surface area contributed by atoms with Crippen LogP contribution in [0.1, 0.15) is 9.67 Å². The Hall–Kier alpha value is -2.29. The SMILES string of the molecule is COC(=O)c1sc2cc(NC(=S)Nc3ccccc3Sc3ccc(Cl)cc3)ccc2c1Cl. The zero-order valence-corrected chi connectivity index (χ0v) is 20.6. The van der Waals surface area contributed by atoms with E-state index in [-0.39, 0.29) is 0 Å². The Morgan fingerprint density at radius 1 is 1.03 bits per heavy atom. The van der Waals surface area contributed by atoms with Crippen molar-refractivity contribution in [1.29, 1.82) is 0 Å². The summed E-state index contributed by atoms with van der Waals surface area (Å²) >= 11 is 20.7. The van der Waals surface area contributed by atoms with Crippen molar-refractivity contribution in [1.82, 2.24) is 0 Å². The van der Waals surface area contributed by atoms with Gasteiger partial charge in [-0.1, -0.05) is 47.1 Å². The Balaban J connectivity index is 1.50. The third kappa shape index (κ3) is 5.19. The van der Waals surface area contributed by atoms with Gasteiger partial charge in [-0.3, -0.25) is 0 Å². The van der Waals surface area contributed by atoms with Crippen LogP contribution in [0.5, 0.6) is 0 Å². The maximum absolute atomic E-state index is 11.9. The van der Waals surface area contributed by atoms with E-state index in [1.165, 1.54) is 18.4 Å². The van der Waals surface area contributed by atoms with Crippen LogP contribution in [0.4, 0.5) is 11.4 Å². The number of methoxy groups -OCH3 is 1. The number of halogens is 2. The number of ether oxygens (including phenoxy) is 1. The molecule has 1 heterocycles. The highest BCUT2D eigenvalue weighted by Crippen LogP contribution is 2.37. The van der Waals surface area contributed by atoms with Crippen LogP contribution in [0.25, 0.3) is 10.1 Å². The van der Waals surface area contributed by atoms with Gasteiger partial charge in [0.15, 0.2) is 5.11 Å². The van der Waals surface area contributed by atoms with E-state index in [1.54, 1.807) is 11.8 Å². The number of rotatable bonds is 5. The summed E-state index contributed by atoms with van der Waals surface area (Å²) in [6, 6.07) is 21.2. The van der Waals surface area contributed by atoms with Gasteiger partial charge in [-0.05, 0) is 66.8 Å². The van der Waals surface area contributed by atoms with Gasteiger partial charge in [0.05, 0.1) is 17.8 Å². The number of para-hydroxylation sites is 1. The van der Waals surface area contributed by atoms with Gasteiger partial charge < -0.3 is 15.4 Å². The van der Waals surface area contributed by atoms with Crippen molar-refractivity contribution >= 4 is 91.1 Å². The lowest BCUT2D eigenvalue weighted by molar-refractivity contribution is 0.0606. The quantitative estimate of drug-likeness (QED) is 0.206. The predicted molar refractivity (Wildman–Crippen MR) is 140 cm³/mol. The molecule has 0 spiro atoms. The number of thiocarbonyl (C=S) groups is 1. The van der Waals surface area contributed by atoms with Crippen LogP contribution in [0, 0.1) is 0 Å². The molecule has 0 unspecified atom stereocenters. The average Bonchev–Trinajstić information content (AvgIpc) is 3.12. The standard InChI is InChI=1S/C23H16Cl2N2O2S3/c1-29-22(28)21-20(25)16-11-8-14(12-19(16)32-21)26-23(30)27-17-4-2-3-5-18(17)31-15-9-6-13(24)7-10-15/h2-12H,1H3,(H2,26,27,30). The largest absolute Gasteiger partial charge is 0.465 e. The second kappa shape index (κ2) is 10.1. The molecule has 0 radical (unpaired) electrons. The molecule has 9 heteroatoms. The number of carbonyl (C=O) groups excluding carboxylic acids is 1. The molecule has 0 fully saturated rings. The summed E-state index contributed by atoms with van der Waals surface area (Å²) in [6.45, 7) is 0. The maximum Gasteiger partial charge on any atom is 0.349 e. The van der Waals surface area contributed by atoms with Crippen molar-refractivity contribution in [2.24, 2.45) is 0 Å². The second-order valence-corrected chi connectivity index (χ2v) is 9.97. The van der Waals surface area contributed by atoms with E-state index in [9.17, 15) is 4.79 Å². The minimum atomic E-state index is -0.447. The number of hydrogen-bond acceptors (Lipinski definition) is 5. The summed E-state index contributed by atoms with van der Waals surface area (Å²) in [4.78, 5) is 14.4. The van der Waals surface area contributed by atoms with E-state index in [4.69, 9.17) is 40.2 Å². The number of nitrogens with one attached hydrogen (secondary N) is 2. The number of anilines is 2. The molecule has 3 aromatic carbocycles. The molecular weight excluding hydrogens is 503 g/mol. The Morgan fingerprint density at radius 2 is 1.78 bits per heavy atom. The molecule has 0 saturated heterocycles. The van der Waals surface area contributed by atoms with E-state index in [1.807, 2.05) is 66.7 Å². The second-order valence-electron chi connectivity index (χ2n) is 6.58. The summed E-state index contributed by atoms with van der Waals surface area (Å²) in [5.74, 6) is -0.447. The smallest absolute Gasteiger partial charge is 0.349 e. The highest BCUT2D eigenvalue weighted by Gasteiger charge is 2.18. The minimum Gasteiger partial charge on any atom is -0.465 e. The van der Waals surface area contributed by atoms with Gasteiger partial charge in [-0.2, -0.15) is 0 Å². The normalized spacial score (nSPS) is 10.7. The number of esters is 1. The fraction of sp³-hybridized carbons (Fsp3) is 0.0435. The summed E-state index contributed by atoms with van der Waals surface area (Å²) in [5, 5.41) is 8.80.